The first-order chi connectivity index (χ1) is 8.22. The molecule has 0 bridgehead atoms. The number of anilines is 1. The van der Waals surface area contributed by atoms with E-state index >= 15 is 0 Å². The molecule has 1 aromatic heterocycles. The molecule has 1 aliphatic carbocycles. The highest BCUT2D eigenvalue weighted by Gasteiger charge is 2.16. The van der Waals surface area contributed by atoms with Gasteiger partial charge in [-0.3, -0.25) is 0 Å². The van der Waals surface area contributed by atoms with Crippen molar-refractivity contribution in [2.24, 2.45) is 0 Å². The lowest BCUT2D eigenvalue weighted by Gasteiger charge is -2.01. The van der Waals surface area contributed by atoms with Crippen molar-refractivity contribution in [3.05, 3.63) is 50.1 Å². The Balaban J connectivity index is 2.01. The van der Waals surface area contributed by atoms with E-state index in [2.05, 4.69) is 45.6 Å². The van der Waals surface area contributed by atoms with Gasteiger partial charge in [0.05, 0.1) is 0 Å². The van der Waals surface area contributed by atoms with Crippen LogP contribution in [0.25, 0.3) is 11.6 Å². The quantitative estimate of drug-likeness (QED) is 0.767. The van der Waals surface area contributed by atoms with Crippen LogP contribution in [0.1, 0.15) is 22.4 Å². The number of fused-ring (bicyclic) bond motifs is 1. The normalized spacial score (nSPS) is 16.4. The van der Waals surface area contributed by atoms with Gasteiger partial charge in [0.1, 0.15) is 0 Å². The molecule has 1 aliphatic rings. The number of hydrogen-bond acceptors (Lipinski definition) is 2. The second-order valence-electron chi connectivity index (χ2n) is 4.25. The van der Waals surface area contributed by atoms with Gasteiger partial charge in [0.15, 0.2) is 0 Å². The van der Waals surface area contributed by atoms with Gasteiger partial charge in [-0.05, 0) is 69.7 Å². The molecule has 0 spiro atoms. The third-order valence-electron chi connectivity index (χ3n) is 3.04. The third kappa shape index (κ3) is 2.17. The Morgan fingerprint density at radius 1 is 1.24 bits per heavy atom. The summed E-state index contributed by atoms with van der Waals surface area (Å²) < 4.78 is 1.16. The number of hydrogen-bond donors (Lipinski definition) is 1. The van der Waals surface area contributed by atoms with E-state index in [1.165, 1.54) is 21.6 Å². The van der Waals surface area contributed by atoms with Gasteiger partial charge in [0.2, 0.25) is 0 Å². The van der Waals surface area contributed by atoms with Crippen molar-refractivity contribution in [1.82, 2.24) is 0 Å². The maximum absolute atomic E-state index is 5.81. The van der Waals surface area contributed by atoms with Gasteiger partial charge in [0, 0.05) is 20.4 Å². The minimum absolute atomic E-state index is 0.865. The maximum atomic E-state index is 5.81. The summed E-state index contributed by atoms with van der Waals surface area (Å²) in [7, 11) is 0. The SMILES string of the molecule is Nc1ccc2c(c1)CCC2=Cc1cc(Br)cs1. The third-order valence-corrected chi connectivity index (χ3v) is 4.68. The molecule has 0 amide bonds. The van der Waals surface area contributed by atoms with Crippen LogP contribution in [0.4, 0.5) is 5.69 Å². The molecule has 17 heavy (non-hydrogen) atoms. The number of thiophene rings is 1. The molecular formula is C14H12BrNS. The van der Waals surface area contributed by atoms with Crippen LogP contribution in [-0.2, 0) is 6.42 Å². The van der Waals surface area contributed by atoms with Crippen molar-refractivity contribution in [3.63, 3.8) is 0 Å². The van der Waals surface area contributed by atoms with Crippen LogP contribution in [0.15, 0.2) is 34.1 Å². The summed E-state index contributed by atoms with van der Waals surface area (Å²) in [5.74, 6) is 0. The molecule has 0 fully saturated rings. The van der Waals surface area contributed by atoms with Crippen LogP contribution in [0, 0.1) is 0 Å². The first kappa shape index (κ1) is 11.1. The fourth-order valence-electron chi connectivity index (χ4n) is 2.26. The van der Waals surface area contributed by atoms with Crippen LogP contribution in [0.3, 0.4) is 0 Å². The Hall–Kier alpha value is -1.06. The molecule has 2 N–H and O–H groups in total. The zero-order chi connectivity index (χ0) is 11.8. The van der Waals surface area contributed by atoms with Crippen molar-refractivity contribution >= 4 is 44.6 Å². The molecule has 0 saturated carbocycles. The Morgan fingerprint density at radius 2 is 2.12 bits per heavy atom. The topological polar surface area (TPSA) is 26.0 Å². The van der Waals surface area contributed by atoms with Gasteiger partial charge in [-0.1, -0.05) is 6.07 Å². The van der Waals surface area contributed by atoms with Crippen LogP contribution < -0.4 is 5.73 Å². The summed E-state index contributed by atoms with van der Waals surface area (Å²) in [6.07, 6.45) is 4.52. The molecule has 3 heteroatoms. The minimum Gasteiger partial charge on any atom is -0.399 e. The van der Waals surface area contributed by atoms with Gasteiger partial charge in [-0.2, -0.15) is 0 Å². The van der Waals surface area contributed by atoms with E-state index in [-0.39, 0.29) is 0 Å². The number of aryl methyl sites for hydroxylation is 1. The lowest BCUT2D eigenvalue weighted by molar-refractivity contribution is 1.08. The number of halogens is 1. The smallest absolute Gasteiger partial charge is 0.0317 e. The molecule has 0 radical (unpaired) electrons. The number of rotatable bonds is 1. The van der Waals surface area contributed by atoms with Crippen LogP contribution in [0.2, 0.25) is 0 Å². The molecule has 1 nitrogen and oxygen atoms in total. The van der Waals surface area contributed by atoms with Gasteiger partial charge >= 0.3 is 0 Å². The molecule has 0 atom stereocenters. The largest absolute Gasteiger partial charge is 0.399 e. The summed E-state index contributed by atoms with van der Waals surface area (Å²) in [6.45, 7) is 0. The number of allylic oxidation sites excluding steroid dienone is 1. The van der Waals surface area contributed by atoms with E-state index in [1.807, 2.05) is 6.07 Å². The Bertz CT molecular complexity index is 598. The van der Waals surface area contributed by atoms with Gasteiger partial charge in [-0.15, -0.1) is 11.3 Å². The van der Waals surface area contributed by atoms with Crippen molar-refractivity contribution in [1.29, 1.82) is 0 Å². The fourth-order valence-corrected chi connectivity index (χ4v) is 3.66. The van der Waals surface area contributed by atoms with E-state index in [9.17, 15) is 0 Å². The first-order valence-electron chi connectivity index (χ1n) is 5.56. The van der Waals surface area contributed by atoms with Crippen molar-refractivity contribution < 1.29 is 0 Å². The highest BCUT2D eigenvalue weighted by molar-refractivity contribution is 9.10. The Morgan fingerprint density at radius 3 is 2.88 bits per heavy atom. The summed E-state index contributed by atoms with van der Waals surface area (Å²) in [6, 6.07) is 8.39. The van der Waals surface area contributed by atoms with Gasteiger partial charge in [-0.25, -0.2) is 0 Å². The minimum atomic E-state index is 0.865. The van der Waals surface area contributed by atoms with E-state index in [0.29, 0.717) is 0 Å². The molecule has 0 unspecified atom stereocenters. The number of nitrogens with two attached hydrogens (primary N) is 1. The maximum Gasteiger partial charge on any atom is 0.0317 e. The molecule has 2 aromatic rings. The molecule has 0 aliphatic heterocycles. The second-order valence-corrected chi connectivity index (χ2v) is 6.11. The lowest BCUT2D eigenvalue weighted by Crippen LogP contribution is -1.87. The number of nitrogen functional groups attached to an aromatic ring is 1. The van der Waals surface area contributed by atoms with E-state index in [4.69, 9.17) is 5.73 Å². The lowest BCUT2D eigenvalue weighted by atomic mass is 10.1. The second kappa shape index (κ2) is 4.31. The van der Waals surface area contributed by atoms with Crippen molar-refractivity contribution in [2.45, 2.75) is 12.8 Å². The average Bonchev–Trinajstić information content (AvgIpc) is 2.86. The van der Waals surface area contributed by atoms with E-state index in [0.717, 1.165) is 23.0 Å². The van der Waals surface area contributed by atoms with Gasteiger partial charge in [0.25, 0.3) is 0 Å². The average molecular weight is 306 g/mol. The highest BCUT2D eigenvalue weighted by atomic mass is 79.9. The Kier molecular flexibility index (Phi) is 2.81. The molecule has 1 aromatic carbocycles. The highest BCUT2D eigenvalue weighted by Crippen LogP contribution is 2.35. The van der Waals surface area contributed by atoms with E-state index < -0.39 is 0 Å². The summed E-state index contributed by atoms with van der Waals surface area (Å²) in [5, 5.41) is 2.12. The van der Waals surface area contributed by atoms with Crippen LogP contribution in [0.5, 0.6) is 0 Å². The van der Waals surface area contributed by atoms with E-state index in [1.54, 1.807) is 11.3 Å². The van der Waals surface area contributed by atoms with Crippen LogP contribution >= 0.6 is 27.3 Å². The zero-order valence-corrected chi connectivity index (χ0v) is 11.6. The monoisotopic (exact) mass is 305 g/mol. The zero-order valence-electron chi connectivity index (χ0n) is 9.24. The molecular weight excluding hydrogens is 294 g/mol. The predicted molar refractivity (Wildman–Crippen MR) is 79.1 cm³/mol. The van der Waals surface area contributed by atoms with Gasteiger partial charge < -0.3 is 5.73 Å². The summed E-state index contributed by atoms with van der Waals surface area (Å²) in [4.78, 5) is 1.30. The first-order valence-corrected chi connectivity index (χ1v) is 7.23. The molecule has 3 rings (SSSR count). The van der Waals surface area contributed by atoms with Crippen molar-refractivity contribution in [2.75, 3.05) is 5.73 Å². The summed E-state index contributed by atoms with van der Waals surface area (Å²) >= 11 is 5.25. The van der Waals surface area contributed by atoms with Crippen LogP contribution in [-0.4, -0.2) is 0 Å². The Labute approximate surface area is 113 Å². The number of benzene rings is 1. The molecule has 0 saturated heterocycles. The predicted octanol–water partition coefficient (Wildman–Crippen LogP) is 4.58. The molecule has 1 heterocycles. The summed E-state index contributed by atoms with van der Waals surface area (Å²) in [5.41, 5.74) is 10.8. The van der Waals surface area contributed by atoms with Crippen molar-refractivity contribution in [3.8, 4) is 0 Å². The standard InChI is InChI=1S/C14H12BrNS/c15-11-7-13(17-8-11)6-10-2-1-9-5-12(16)3-4-14(9)10/h3-8H,1-2,16H2. The molecule has 86 valence electrons. The fraction of sp³-hybridized carbons (Fsp3) is 0.143.